The fraction of sp³-hybridized carbons (Fsp3) is 0.350. The van der Waals surface area contributed by atoms with E-state index in [2.05, 4.69) is 31.3 Å². The molecular weight excluding hydrogens is 303 g/mol. The molecule has 0 aliphatic carbocycles. The van der Waals surface area contributed by atoms with Crippen molar-refractivity contribution >= 4 is 11.6 Å². The van der Waals surface area contributed by atoms with E-state index in [1.165, 1.54) is 17.7 Å². The third-order valence-electron chi connectivity index (χ3n) is 4.02. The van der Waals surface area contributed by atoms with Crippen molar-refractivity contribution in [2.24, 2.45) is 0 Å². The van der Waals surface area contributed by atoms with Crippen molar-refractivity contribution in [3.8, 4) is 0 Å². The molecule has 1 atom stereocenters. The van der Waals surface area contributed by atoms with Gasteiger partial charge in [-0.05, 0) is 48.2 Å². The quantitative estimate of drug-likeness (QED) is 0.852. The summed E-state index contributed by atoms with van der Waals surface area (Å²) in [6, 6.07) is 14.1. The van der Waals surface area contributed by atoms with Gasteiger partial charge in [-0.2, -0.15) is 0 Å². The van der Waals surface area contributed by atoms with Gasteiger partial charge in [0.05, 0.1) is 0 Å². The molecule has 3 nitrogen and oxygen atoms in total. The van der Waals surface area contributed by atoms with Crippen LogP contribution in [0.2, 0.25) is 0 Å². The lowest BCUT2D eigenvalue weighted by Gasteiger charge is -2.23. The summed E-state index contributed by atoms with van der Waals surface area (Å²) in [5, 5.41) is 3.22. The normalized spacial score (nSPS) is 12.1. The summed E-state index contributed by atoms with van der Waals surface area (Å²) in [4.78, 5) is 14.1. The number of amides is 1. The molecule has 128 valence electrons. The second-order valence-corrected chi connectivity index (χ2v) is 6.47. The number of rotatable bonds is 6. The van der Waals surface area contributed by atoms with Crippen LogP contribution in [0.15, 0.2) is 48.5 Å². The number of hydrogen-bond donors (Lipinski definition) is 1. The predicted octanol–water partition coefficient (Wildman–Crippen LogP) is 4.41. The summed E-state index contributed by atoms with van der Waals surface area (Å²) < 4.78 is 13.2. The average Bonchev–Trinajstić information content (AvgIpc) is 2.54. The van der Waals surface area contributed by atoms with Gasteiger partial charge in [0.25, 0.3) is 0 Å². The van der Waals surface area contributed by atoms with Crippen molar-refractivity contribution in [3.63, 3.8) is 0 Å². The van der Waals surface area contributed by atoms with Crippen molar-refractivity contribution in [1.82, 2.24) is 4.90 Å². The number of carbonyl (C=O) groups excluding carboxylic acids is 1. The van der Waals surface area contributed by atoms with Gasteiger partial charge in [-0.25, -0.2) is 4.39 Å². The van der Waals surface area contributed by atoms with E-state index in [0.29, 0.717) is 12.5 Å². The van der Waals surface area contributed by atoms with E-state index in [0.717, 1.165) is 11.3 Å². The summed E-state index contributed by atoms with van der Waals surface area (Å²) >= 11 is 0. The smallest absolute Gasteiger partial charge is 0.244 e. The summed E-state index contributed by atoms with van der Waals surface area (Å²) in [5.74, 6) is 0.160. The van der Waals surface area contributed by atoms with Crippen molar-refractivity contribution in [1.29, 1.82) is 0 Å². The molecule has 0 heterocycles. The Hall–Kier alpha value is -2.36. The van der Waals surface area contributed by atoms with Crippen LogP contribution in [0.1, 0.15) is 37.8 Å². The van der Waals surface area contributed by atoms with Gasteiger partial charge in [-0.3, -0.25) is 4.79 Å². The van der Waals surface area contributed by atoms with Gasteiger partial charge in [0, 0.05) is 19.3 Å². The molecule has 0 bridgehead atoms. The molecule has 0 saturated heterocycles. The van der Waals surface area contributed by atoms with E-state index in [4.69, 9.17) is 0 Å². The molecule has 1 unspecified atom stereocenters. The Balaban J connectivity index is 1.95. The lowest BCUT2D eigenvalue weighted by molar-refractivity contribution is -0.130. The van der Waals surface area contributed by atoms with Crippen molar-refractivity contribution in [2.75, 3.05) is 12.4 Å². The average molecular weight is 328 g/mol. The molecule has 1 amide bonds. The van der Waals surface area contributed by atoms with Gasteiger partial charge < -0.3 is 10.2 Å². The largest absolute Gasteiger partial charge is 0.374 e. The number of benzene rings is 2. The standard InChI is InChI=1S/C20H25FN2O/c1-14(2)17-8-10-19(11-9-17)22-15(3)20(24)23(4)13-16-6-5-7-18(21)12-16/h5-12,14-15,22H,13H2,1-4H3. The zero-order chi connectivity index (χ0) is 17.7. The Labute approximate surface area is 143 Å². The van der Waals surface area contributed by atoms with Crippen LogP contribution in [0.3, 0.4) is 0 Å². The first-order valence-corrected chi connectivity index (χ1v) is 8.22. The highest BCUT2D eigenvalue weighted by Gasteiger charge is 2.17. The van der Waals surface area contributed by atoms with Crippen LogP contribution >= 0.6 is 0 Å². The zero-order valence-electron chi connectivity index (χ0n) is 14.7. The second kappa shape index (κ2) is 7.95. The first-order chi connectivity index (χ1) is 11.4. The first kappa shape index (κ1) is 18.0. The highest BCUT2D eigenvalue weighted by Crippen LogP contribution is 2.18. The van der Waals surface area contributed by atoms with Crippen LogP contribution in [0.4, 0.5) is 10.1 Å². The highest BCUT2D eigenvalue weighted by molar-refractivity contribution is 5.84. The molecule has 0 aliphatic rings. The third kappa shape index (κ3) is 4.82. The minimum Gasteiger partial charge on any atom is -0.374 e. The third-order valence-corrected chi connectivity index (χ3v) is 4.02. The van der Waals surface area contributed by atoms with E-state index < -0.39 is 0 Å². The molecule has 2 rings (SSSR count). The van der Waals surface area contributed by atoms with E-state index in [9.17, 15) is 9.18 Å². The predicted molar refractivity (Wildman–Crippen MR) is 96.5 cm³/mol. The van der Waals surface area contributed by atoms with Crippen molar-refractivity contribution in [2.45, 2.75) is 39.3 Å². The number of anilines is 1. The highest BCUT2D eigenvalue weighted by atomic mass is 19.1. The SMILES string of the molecule is CC(Nc1ccc(C(C)C)cc1)C(=O)N(C)Cc1cccc(F)c1. The van der Waals surface area contributed by atoms with Crippen LogP contribution in [-0.2, 0) is 11.3 Å². The summed E-state index contributed by atoms with van der Waals surface area (Å²) in [6.07, 6.45) is 0. The first-order valence-electron chi connectivity index (χ1n) is 8.22. The van der Waals surface area contributed by atoms with E-state index >= 15 is 0 Å². The number of halogens is 1. The second-order valence-electron chi connectivity index (χ2n) is 6.47. The molecule has 1 N–H and O–H groups in total. The van der Waals surface area contributed by atoms with E-state index in [1.54, 1.807) is 18.0 Å². The minimum absolute atomic E-state index is 0.0350. The molecule has 0 saturated carbocycles. The lowest BCUT2D eigenvalue weighted by Crippen LogP contribution is -2.38. The fourth-order valence-electron chi connectivity index (χ4n) is 2.59. The number of nitrogens with one attached hydrogen (secondary N) is 1. The minimum atomic E-state index is -0.353. The van der Waals surface area contributed by atoms with E-state index in [1.807, 2.05) is 25.1 Å². The van der Waals surface area contributed by atoms with Gasteiger partial charge in [-0.1, -0.05) is 38.1 Å². The van der Waals surface area contributed by atoms with Gasteiger partial charge in [-0.15, -0.1) is 0 Å². The Morgan fingerprint density at radius 2 is 1.79 bits per heavy atom. The molecule has 0 radical (unpaired) electrons. The fourth-order valence-corrected chi connectivity index (χ4v) is 2.59. The van der Waals surface area contributed by atoms with Crippen LogP contribution < -0.4 is 5.32 Å². The van der Waals surface area contributed by atoms with Crippen LogP contribution in [0.25, 0.3) is 0 Å². The molecule has 0 aliphatic heterocycles. The monoisotopic (exact) mass is 328 g/mol. The zero-order valence-corrected chi connectivity index (χ0v) is 14.7. The Bertz CT molecular complexity index is 682. The topological polar surface area (TPSA) is 32.3 Å². The Kier molecular flexibility index (Phi) is 5.96. The molecule has 0 fully saturated rings. The lowest BCUT2D eigenvalue weighted by atomic mass is 10.0. The maximum Gasteiger partial charge on any atom is 0.244 e. The molecule has 0 spiro atoms. The number of carbonyl (C=O) groups is 1. The summed E-state index contributed by atoms with van der Waals surface area (Å²) in [7, 11) is 1.73. The Morgan fingerprint density at radius 3 is 2.38 bits per heavy atom. The van der Waals surface area contributed by atoms with E-state index in [-0.39, 0.29) is 17.8 Å². The number of hydrogen-bond acceptors (Lipinski definition) is 2. The number of nitrogens with zero attached hydrogens (tertiary/aromatic N) is 1. The molecule has 4 heteroatoms. The van der Waals surface area contributed by atoms with Gasteiger partial charge >= 0.3 is 0 Å². The van der Waals surface area contributed by atoms with Crippen LogP contribution in [-0.4, -0.2) is 23.9 Å². The molecular formula is C20H25FN2O. The molecule has 24 heavy (non-hydrogen) atoms. The summed E-state index contributed by atoms with van der Waals surface area (Å²) in [5.41, 5.74) is 2.96. The molecule has 2 aromatic carbocycles. The summed E-state index contributed by atoms with van der Waals surface area (Å²) in [6.45, 7) is 6.52. The Morgan fingerprint density at radius 1 is 1.12 bits per heavy atom. The van der Waals surface area contributed by atoms with Gasteiger partial charge in [0.15, 0.2) is 0 Å². The van der Waals surface area contributed by atoms with Crippen LogP contribution in [0, 0.1) is 5.82 Å². The number of likely N-dealkylation sites (N-methyl/N-ethyl adjacent to an activating group) is 1. The van der Waals surface area contributed by atoms with Gasteiger partial charge in [0.2, 0.25) is 5.91 Å². The molecule has 2 aromatic rings. The van der Waals surface area contributed by atoms with Gasteiger partial charge in [0.1, 0.15) is 11.9 Å². The molecule has 0 aromatic heterocycles. The van der Waals surface area contributed by atoms with Crippen LogP contribution in [0.5, 0.6) is 0 Å². The van der Waals surface area contributed by atoms with Crippen molar-refractivity contribution < 1.29 is 9.18 Å². The maximum absolute atomic E-state index is 13.2. The maximum atomic E-state index is 13.2. The van der Waals surface area contributed by atoms with Crippen molar-refractivity contribution in [3.05, 3.63) is 65.5 Å².